The summed E-state index contributed by atoms with van der Waals surface area (Å²) in [4.78, 5) is 40.9. The van der Waals surface area contributed by atoms with Crippen molar-refractivity contribution in [2.45, 2.75) is 39.2 Å². The van der Waals surface area contributed by atoms with E-state index in [0.29, 0.717) is 25.1 Å². The molecule has 7 heteroatoms. The molecule has 0 aliphatic carbocycles. The smallest absolute Gasteiger partial charge is 0.327 e. The van der Waals surface area contributed by atoms with Crippen molar-refractivity contribution in [3.63, 3.8) is 0 Å². The van der Waals surface area contributed by atoms with Crippen LogP contribution in [0.4, 0.5) is 10.5 Å². The first-order chi connectivity index (χ1) is 15.5. The van der Waals surface area contributed by atoms with Crippen molar-refractivity contribution in [3.05, 3.63) is 65.7 Å². The number of urea groups is 1. The third-order valence-electron chi connectivity index (χ3n) is 5.80. The summed E-state index contributed by atoms with van der Waals surface area (Å²) in [5, 5.41) is 9.72. The third-order valence-corrected chi connectivity index (χ3v) is 5.80. The molecule has 1 aliphatic heterocycles. The van der Waals surface area contributed by atoms with Crippen molar-refractivity contribution in [2.24, 2.45) is 5.92 Å². The van der Waals surface area contributed by atoms with Gasteiger partial charge >= 0.3 is 18.0 Å². The first-order valence-corrected chi connectivity index (χ1v) is 11.1. The Kier molecular flexibility index (Phi) is 7.87. The first kappa shape index (κ1) is 23.3. The fourth-order valence-electron chi connectivity index (χ4n) is 4.11. The van der Waals surface area contributed by atoms with Crippen LogP contribution in [0.15, 0.2) is 54.6 Å². The number of amides is 2. The Morgan fingerprint density at radius 1 is 1.09 bits per heavy atom. The lowest BCUT2D eigenvalue weighted by atomic mass is 9.99. The summed E-state index contributed by atoms with van der Waals surface area (Å²) in [5.74, 6) is -1.89. The van der Waals surface area contributed by atoms with Gasteiger partial charge in [0.25, 0.3) is 0 Å². The zero-order valence-corrected chi connectivity index (χ0v) is 18.6. The minimum absolute atomic E-state index is 0.173. The molecule has 0 spiro atoms. The standard InChI is InChI=1S/C25H30N2O5/c1-3-26(17-20(24(30)32-4-2)15-14-18-10-6-5-7-11-18)25(31)27-21-13-9-8-12-19(21)16-22(27)23(28)29/h5-13,20,22H,3-4,14-17H2,1-2H3,(H,28,29)/t20-,22?/m1/s1. The van der Waals surface area contributed by atoms with E-state index in [1.165, 1.54) is 4.90 Å². The van der Waals surface area contributed by atoms with E-state index in [1.807, 2.05) is 49.4 Å². The zero-order chi connectivity index (χ0) is 23.1. The second-order valence-corrected chi connectivity index (χ2v) is 7.85. The maximum absolute atomic E-state index is 13.5. The van der Waals surface area contributed by atoms with Gasteiger partial charge < -0.3 is 14.7 Å². The van der Waals surface area contributed by atoms with Crippen LogP contribution < -0.4 is 4.90 Å². The van der Waals surface area contributed by atoms with E-state index in [2.05, 4.69) is 0 Å². The summed E-state index contributed by atoms with van der Waals surface area (Å²) in [6.45, 7) is 4.38. The Bertz CT molecular complexity index is 946. The van der Waals surface area contributed by atoms with Gasteiger partial charge in [-0.25, -0.2) is 9.59 Å². The molecule has 2 aromatic rings. The quantitative estimate of drug-likeness (QED) is 0.603. The molecule has 0 saturated heterocycles. The van der Waals surface area contributed by atoms with Crippen LogP contribution >= 0.6 is 0 Å². The number of ether oxygens (including phenoxy) is 1. The number of fused-ring (bicyclic) bond motifs is 1. The largest absolute Gasteiger partial charge is 0.480 e. The molecule has 0 bridgehead atoms. The van der Waals surface area contributed by atoms with Gasteiger partial charge in [0, 0.05) is 25.2 Å². The molecule has 32 heavy (non-hydrogen) atoms. The number of hydrogen-bond donors (Lipinski definition) is 1. The van der Waals surface area contributed by atoms with Gasteiger partial charge in [-0.1, -0.05) is 48.5 Å². The lowest BCUT2D eigenvalue weighted by Crippen LogP contribution is -2.51. The van der Waals surface area contributed by atoms with E-state index in [1.54, 1.807) is 24.0 Å². The van der Waals surface area contributed by atoms with Gasteiger partial charge in [0.05, 0.1) is 12.5 Å². The minimum Gasteiger partial charge on any atom is -0.480 e. The molecule has 7 nitrogen and oxygen atoms in total. The number of hydrogen-bond acceptors (Lipinski definition) is 4. The Labute approximate surface area is 188 Å². The normalized spacial score (nSPS) is 15.7. The Morgan fingerprint density at radius 3 is 2.44 bits per heavy atom. The van der Waals surface area contributed by atoms with Gasteiger partial charge in [-0.05, 0) is 43.9 Å². The average Bonchev–Trinajstić information content (AvgIpc) is 3.20. The molecule has 1 unspecified atom stereocenters. The van der Waals surface area contributed by atoms with E-state index in [-0.39, 0.29) is 25.5 Å². The van der Waals surface area contributed by atoms with Gasteiger partial charge in [-0.3, -0.25) is 9.69 Å². The number of benzene rings is 2. The van der Waals surface area contributed by atoms with Gasteiger partial charge in [0.1, 0.15) is 6.04 Å². The second-order valence-electron chi connectivity index (χ2n) is 7.85. The molecule has 0 aromatic heterocycles. The summed E-state index contributed by atoms with van der Waals surface area (Å²) in [5.41, 5.74) is 2.55. The summed E-state index contributed by atoms with van der Waals surface area (Å²) >= 11 is 0. The molecule has 0 fully saturated rings. The SMILES string of the molecule is CCOC(=O)[C@H](CCc1ccccc1)CN(CC)C(=O)N1c2ccccc2CC1C(=O)O. The van der Waals surface area contributed by atoms with Crippen LogP contribution in [-0.2, 0) is 27.2 Å². The predicted octanol–water partition coefficient (Wildman–Crippen LogP) is 3.76. The van der Waals surface area contributed by atoms with Crippen molar-refractivity contribution < 1.29 is 24.2 Å². The molecule has 170 valence electrons. The number of carbonyl (C=O) groups is 3. The first-order valence-electron chi connectivity index (χ1n) is 11.1. The summed E-state index contributed by atoms with van der Waals surface area (Å²) < 4.78 is 5.27. The van der Waals surface area contributed by atoms with Crippen LogP contribution in [0.3, 0.4) is 0 Å². The van der Waals surface area contributed by atoms with E-state index >= 15 is 0 Å². The average molecular weight is 439 g/mol. The molecule has 2 amide bonds. The number of carboxylic acids is 1. The maximum atomic E-state index is 13.5. The Hall–Kier alpha value is -3.35. The Balaban J connectivity index is 1.79. The van der Waals surface area contributed by atoms with Crippen molar-refractivity contribution in [3.8, 4) is 0 Å². The number of anilines is 1. The van der Waals surface area contributed by atoms with Crippen molar-refractivity contribution in [2.75, 3.05) is 24.6 Å². The molecule has 2 aromatic carbocycles. The molecule has 2 atom stereocenters. The van der Waals surface area contributed by atoms with Crippen LogP contribution in [0.25, 0.3) is 0 Å². The van der Waals surface area contributed by atoms with Crippen molar-refractivity contribution >= 4 is 23.7 Å². The predicted molar refractivity (Wildman–Crippen MR) is 122 cm³/mol. The van der Waals surface area contributed by atoms with Gasteiger partial charge in [-0.15, -0.1) is 0 Å². The van der Waals surface area contributed by atoms with E-state index in [9.17, 15) is 19.5 Å². The second kappa shape index (κ2) is 10.8. The van der Waals surface area contributed by atoms with Crippen molar-refractivity contribution in [1.29, 1.82) is 0 Å². The van der Waals surface area contributed by atoms with E-state index in [4.69, 9.17) is 4.74 Å². The van der Waals surface area contributed by atoms with Gasteiger partial charge in [0.15, 0.2) is 0 Å². The highest BCUT2D eigenvalue weighted by atomic mass is 16.5. The highest BCUT2D eigenvalue weighted by Gasteiger charge is 2.40. The fraction of sp³-hybridized carbons (Fsp3) is 0.400. The van der Waals surface area contributed by atoms with Crippen LogP contribution in [0.2, 0.25) is 0 Å². The van der Waals surface area contributed by atoms with Crippen molar-refractivity contribution in [1.82, 2.24) is 4.90 Å². The fourth-order valence-corrected chi connectivity index (χ4v) is 4.11. The third kappa shape index (κ3) is 5.28. The van der Waals surface area contributed by atoms with E-state index < -0.39 is 24.0 Å². The van der Waals surface area contributed by atoms with Crippen LogP contribution in [0.1, 0.15) is 31.4 Å². The summed E-state index contributed by atoms with van der Waals surface area (Å²) in [6, 6.07) is 15.7. The molecule has 1 aliphatic rings. The number of rotatable bonds is 9. The number of aliphatic carboxylic acids is 1. The zero-order valence-electron chi connectivity index (χ0n) is 18.6. The highest BCUT2D eigenvalue weighted by molar-refractivity contribution is 6.01. The number of esters is 1. The van der Waals surface area contributed by atoms with Crippen LogP contribution in [-0.4, -0.2) is 53.7 Å². The molecule has 3 rings (SSSR count). The number of aryl methyl sites for hydroxylation is 1. The highest BCUT2D eigenvalue weighted by Crippen LogP contribution is 2.33. The molecular weight excluding hydrogens is 408 g/mol. The molecule has 0 saturated carbocycles. The number of nitrogens with zero attached hydrogens (tertiary/aromatic N) is 2. The maximum Gasteiger partial charge on any atom is 0.327 e. The lowest BCUT2D eigenvalue weighted by Gasteiger charge is -2.32. The monoisotopic (exact) mass is 438 g/mol. The summed E-state index contributed by atoms with van der Waals surface area (Å²) in [6.07, 6.45) is 1.48. The van der Waals surface area contributed by atoms with E-state index in [0.717, 1.165) is 11.1 Å². The number of para-hydroxylation sites is 1. The van der Waals surface area contributed by atoms with Crippen LogP contribution in [0, 0.1) is 5.92 Å². The number of carbonyl (C=O) groups excluding carboxylic acids is 2. The Morgan fingerprint density at radius 2 is 1.78 bits per heavy atom. The molecular formula is C25H30N2O5. The molecule has 0 radical (unpaired) electrons. The molecule has 1 N–H and O–H groups in total. The summed E-state index contributed by atoms with van der Waals surface area (Å²) in [7, 11) is 0. The van der Waals surface area contributed by atoms with Gasteiger partial charge in [-0.2, -0.15) is 0 Å². The van der Waals surface area contributed by atoms with Crippen LogP contribution in [0.5, 0.6) is 0 Å². The topological polar surface area (TPSA) is 87.2 Å². The molecule has 1 heterocycles. The minimum atomic E-state index is -1.04. The lowest BCUT2D eigenvalue weighted by molar-refractivity contribution is -0.148. The van der Waals surface area contributed by atoms with Gasteiger partial charge in [0.2, 0.25) is 0 Å². The number of carboxylic acid groups (broad SMARTS) is 1.